The Labute approximate surface area is 154 Å². The second kappa shape index (κ2) is 9.35. The van der Waals surface area contributed by atoms with Gasteiger partial charge in [-0.05, 0) is 48.1 Å². The monoisotopic (exact) mass is 394 g/mol. The van der Waals surface area contributed by atoms with Crippen LogP contribution in [0.2, 0.25) is 0 Å². The van der Waals surface area contributed by atoms with E-state index in [2.05, 4.69) is 4.74 Å². The van der Waals surface area contributed by atoms with Crippen LogP contribution >= 0.6 is 11.3 Å². The standard InChI is InChI=1S/C10H12F2O.C9H11F3S/c1-7(2)8-3-5-9(6-4-8)13-10(11)12;1-5(2)7-4-6(3)8(13-7)9(10,11)12/h3-7,10H,1-2H3;4-5H,1-3H3. The van der Waals surface area contributed by atoms with Crippen molar-refractivity contribution in [1.82, 2.24) is 0 Å². The van der Waals surface area contributed by atoms with Crippen molar-refractivity contribution >= 4 is 11.3 Å². The molecule has 0 amide bonds. The van der Waals surface area contributed by atoms with Crippen LogP contribution in [0.4, 0.5) is 22.0 Å². The SMILES string of the molecule is CC(C)c1ccc(OC(F)F)cc1.Cc1cc(C(C)C)sc1C(F)(F)F. The van der Waals surface area contributed by atoms with Gasteiger partial charge in [0.1, 0.15) is 10.6 Å². The fraction of sp³-hybridized carbons (Fsp3) is 0.474. The first-order chi connectivity index (χ1) is 11.9. The van der Waals surface area contributed by atoms with Gasteiger partial charge in [0.25, 0.3) is 0 Å². The van der Waals surface area contributed by atoms with E-state index in [0.717, 1.165) is 21.8 Å². The first-order valence-electron chi connectivity index (χ1n) is 8.14. The Morgan fingerprint density at radius 3 is 1.77 bits per heavy atom. The Hall–Kier alpha value is -1.63. The smallest absolute Gasteiger partial charge is 0.425 e. The summed E-state index contributed by atoms with van der Waals surface area (Å²) in [6.45, 7) is 6.64. The van der Waals surface area contributed by atoms with Crippen molar-refractivity contribution in [1.29, 1.82) is 0 Å². The molecule has 1 aromatic heterocycles. The van der Waals surface area contributed by atoms with Crippen LogP contribution in [0, 0.1) is 6.92 Å². The molecule has 0 atom stereocenters. The van der Waals surface area contributed by atoms with Gasteiger partial charge in [0.05, 0.1) is 0 Å². The predicted molar refractivity (Wildman–Crippen MR) is 95.3 cm³/mol. The summed E-state index contributed by atoms with van der Waals surface area (Å²) in [5, 5.41) is 0. The average Bonchev–Trinajstić information content (AvgIpc) is 2.90. The van der Waals surface area contributed by atoms with Crippen molar-refractivity contribution < 1.29 is 26.7 Å². The minimum Gasteiger partial charge on any atom is -0.435 e. The molecule has 1 aromatic carbocycles. The van der Waals surface area contributed by atoms with Gasteiger partial charge in [0.2, 0.25) is 0 Å². The van der Waals surface area contributed by atoms with Gasteiger partial charge in [-0.25, -0.2) is 0 Å². The number of hydrogen-bond acceptors (Lipinski definition) is 2. The molecule has 26 heavy (non-hydrogen) atoms. The predicted octanol–water partition coefficient (Wildman–Crippen LogP) is 7.61. The topological polar surface area (TPSA) is 9.23 Å². The molecule has 0 radical (unpaired) electrons. The van der Waals surface area contributed by atoms with Gasteiger partial charge >= 0.3 is 12.8 Å². The summed E-state index contributed by atoms with van der Waals surface area (Å²) in [5.41, 5.74) is 1.45. The summed E-state index contributed by atoms with van der Waals surface area (Å²) in [4.78, 5) is 0.334. The second-order valence-corrected chi connectivity index (χ2v) is 7.50. The third-order valence-corrected chi connectivity index (χ3v) is 5.12. The van der Waals surface area contributed by atoms with E-state index >= 15 is 0 Å². The average molecular weight is 394 g/mol. The number of benzene rings is 1. The Bertz CT molecular complexity index is 672. The van der Waals surface area contributed by atoms with Crippen LogP contribution in [0.5, 0.6) is 5.75 Å². The quantitative estimate of drug-likeness (QED) is 0.485. The molecule has 0 bridgehead atoms. The van der Waals surface area contributed by atoms with Crippen LogP contribution in [0.15, 0.2) is 30.3 Å². The van der Waals surface area contributed by atoms with E-state index in [-0.39, 0.29) is 11.7 Å². The third kappa shape index (κ3) is 6.94. The Morgan fingerprint density at radius 2 is 1.46 bits per heavy atom. The maximum absolute atomic E-state index is 12.3. The van der Waals surface area contributed by atoms with Crippen molar-refractivity contribution in [2.75, 3.05) is 0 Å². The molecular formula is C19H23F5OS. The summed E-state index contributed by atoms with van der Waals surface area (Å²) < 4.78 is 64.7. The van der Waals surface area contributed by atoms with E-state index in [0.29, 0.717) is 11.5 Å². The lowest BCUT2D eigenvalue weighted by Gasteiger charge is -2.07. The van der Waals surface area contributed by atoms with Crippen LogP contribution in [0.3, 0.4) is 0 Å². The lowest BCUT2D eigenvalue weighted by Crippen LogP contribution is -2.02. The van der Waals surface area contributed by atoms with Crippen molar-refractivity contribution in [2.45, 2.75) is 59.2 Å². The summed E-state index contributed by atoms with van der Waals surface area (Å²) in [6.07, 6.45) is -4.19. The molecule has 0 aliphatic carbocycles. The van der Waals surface area contributed by atoms with Gasteiger partial charge in [-0.3, -0.25) is 0 Å². The number of alkyl halides is 5. The molecule has 0 unspecified atom stereocenters. The van der Waals surface area contributed by atoms with Crippen molar-refractivity contribution in [3.8, 4) is 5.75 Å². The van der Waals surface area contributed by atoms with Gasteiger partial charge in [-0.2, -0.15) is 22.0 Å². The number of hydrogen-bond donors (Lipinski definition) is 0. The molecule has 2 aromatic rings. The summed E-state index contributed by atoms with van der Waals surface area (Å²) in [7, 11) is 0. The molecule has 1 heterocycles. The van der Waals surface area contributed by atoms with Gasteiger partial charge in [-0.1, -0.05) is 39.8 Å². The minimum atomic E-state index is -4.19. The third-order valence-electron chi connectivity index (χ3n) is 3.54. The zero-order valence-electron chi connectivity index (χ0n) is 15.3. The number of ether oxygens (including phenoxy) is 1. The van der Waals surface area contributed by atoms with E-state index in [1.54, 1.807) is 30.3 Å². The van der Waals surface area contributed by atoms with Gasteiger partial charge in [0, 0.05) is 4.88 Å². The Balaban J connectivity index is 0.000000260. The fourth-order valence-corrected chi connectivity index (χ4v) is 3.15. The van der Waals surface area contributed by atoms with Gasteiger partial charge < -0.3 is 4.74 Å². The van der Waals surface area contributed by atoms with Crippen LogP contribution < -0.4 is 4.74 Å². The maximum Gasteiger partial charge on any atom is 0.425 e. The number of halogens is 5. The van der Waals surface area contributed by atoms with E-state index in [9.17, 15) is 22.0 Å². The molecule has 0 spiro atoms. The Kier molecular flexibility index (Phi) is 8.06. The molecule has 0 aliphatic heterocycles. The minimum absolute atomic E-state index is 0.166. The summed E-state index contributed by atoms with van der Waals surface area (Å²) >= 11 is 0.850. The lowest BCUT2D eigenvalue weighted by molar-refractivity contribution is -0.134. The highest BCUT2D eigenvalue weighted by molar-refractivity contribution is 7.12. The highest BCUT2D eigenvalue weighted by atomic mass is 32.1. The van der Waals surface area contributed by atoms with Crippen molar-refractivity contribution in [3.63, 3.8) is 0 Å². The van der Waals surface area contributed by atoms with E-state index in [1.165, 1.54) is 6.92 Å². The van der Waals surface area contributed by atoms with Crippen LogP contribution in [0.25, 0.3) is 0 Å². The van der Waals surface area contributed by atoms with E-state index < -0.39 is 17.7 Å². The van der Waals surface area contributed by atoms with Gasteiger partial charge in [0.15, 0.2) is 0 Å². The first-order valence-corrected chi connectivity index (χ1v) is 8.95. The largest absolute Gasteiger partial charge is 0.435 e. The highest BCUT2D eigenvalue weighted by Gasteiger charge is 2.34. The van der Waals surface area contributed by atoms with E-state index in [1.807, 2.05) is 27.7 Å². The van der Waals surface area contributed by atoms with E-state index in [4.69, 9.17) is 0 Å². The number of rotatable bonds is 4. The van der Waals surface area contributed by atoms with Crippen LogP contribution in [-0.2, 0) is 6.18 Å². The van der Waals surface area contributed by atoms with Crippen molar-refractivity contribution in [2.24, 2.45) is 0 Å². The molecule has 0 saturated heterocycles. The molecular weight excluding hydrogens is 371 g/mol. The number of thiophene rings is 1. The zero-order chi connectivity index (χ0) is 20.1. The van der Waals surface area contributed by atoms with Gasteiger partial charge in [-0.15, -0.1) is 11.3 Å². The maximum atomic E-state index is 12.3. The van der Waals surface area contributed by atoms with Crippen molar-refractivity contribution in [3.05, 3.63) is 51.2 Å². The molecule has 0 aliphatic rings. The normalized spacial score (nSPS) is 11.7. The first kappa shape index (κ1) is 22.4. The van der Waals surface area contributed by atoms with Crippen LogP contribution in [0.1, 0.15) is 60.4 Å². The molecule has 1 nitrogen and oxygen atoms in total. The molecule has 0 N–H and O–H groups in total. The summed E-state index contributed by atoms with van der Waals surface area (Å²) in [6, 6.07) is 8.33. The number of aryl methyl sites for hydroxylation is 1. The highest BCUT2D eigenvalue weighted by Crippen LogP contribution is 2.39. The fourth-order valence-electron chi connectivity index (χ4n) is 2.11. The second-order valence-electron chi connectivity index (χ2n) is 6.42. The molecule has 0 fully saturated rings. The molecule has 7 heteroatoms. The molecule has 2 rings (SSSR count). The lowest BCUT2D eigenvalue weighted by atomic mass is 10.0. The summed E-state index contributed by atoms with van der Waals surface area (Å²) in [5.74, 6) is 0.778. The zero-order valence-corrected chi connectivity index (χ0v) is 16.1. The molecule has 0 saturated carbocycles. The molecule has 146 valence electrons. The van der Waals surface area contributed by atoms with Crippen LogP contribution in [-0.4, -0.2) is 6.61 Å². The Morgan fingerprint density at radius 1 is 0.923 bits per heavy atom.